The average Bonchev–Trinajstić information content (AvgIpc) is 2.98. The van der Waals surface area contributed by atoms with Crippen LogP contribution in [0.25, 0.3) is 5.70 Å². The molecule has 0 saturated carbocycles. The van der Waals surface area contributed by atoms with Gasteiger partial charge in [0.25, 0.3) is 11.8 Å². The number of aliphatic hydroxyl groups excluding tert-OH is 1. The highest BCUT2D eigenvalue weighted by atomic mass is 16.3. The van der Waals surface area contributed by atoms with Gasteiger partial charge in [0.15, 0.2) is 6.10 Å². The van der Waals surface area contributed by atoms with Crippen molar-refractivity contribution in [2.75, 3.05) is 6.54 Å². The number of aromatic nitrogens is 1. The lowest BCUT2D eigenvalue weighted by molar-refractivity contribution is -0.138. The van der Waals surface area contributed by atoms with Crippen LogP contribution in [0.15, 0.2) is 91.4 Å². The summed E-state index contributed by atoms with van der Waals surface area (Å²) in [5, 5.41) is 22.4. The van der Waals surface area contributed by atoms with Crippen LogP contribution in [0.5, 0.6) is 0 Å². The minimum atomic E-state index is -1.44. The van der Waals surface area contributed by atoms with Crippen LogP contribution >= 0.6 is 0 Å². The van der Waals surface area contributed by atoms with Gasteiger partial charge in [-0.1, -0.05) is 74.5 Å². The maximum atomic E-state index is 14.0. The number of hydrogen-bond donors (Lipinski definition) is 2. The third kappa shape index (κ3) is 6.42. The van der Waals surface area contributed by atoms with Gasteiger partial charge in [-0.2, -0.15) is 5.26 Å². The fourth-order valence-corrected chi connectivity index (χ4v) is 4.71. The summed E-state index contributed by atoms with van der Waals surface area (Å²) in [7, 11) is 0. The molecule has 3 atom stereocenters. The van der Waals surface area contributed by atoms with Gasteiger partial charge < -0.3 is 15.3 Å². The molecule has 1 aliphatic heterocycles. The fraction of sp³-hybridized carbons (Fsp3) is 0.258. The maximum absolute atomic E-state index is 14.0. The fourth-order valence-electron chi connectivity index (χ4n) is 4.71. The third-order valence-corrected chi connectivity index (χ3v) is 6.69. The van der Waals surface area contributed by atoms with Crippen molar-refractivity contribution in [3.63, 3.8) is 0 Å². The number of hydrogen-bond acceptors (Lipinski definition) is 6. The molecular formula is C31H31N5O4. The molecule has 0 fully saturated rings. The van der Waals surface area contributed by atoms with E-state index in [0.29, 0.717) is 16.8 Å². The first-order valence-electron chi connectivity index (χ1n) is 13.0. The first-order valence-corrected chi connectivity index (χ1v) is 13.0. The highest BCUT2D eigenvalue weighted by Gasteiger charge is 2.41. The van der Waals surface area contributed by atoms with Crippen molar-refractivity contribution in [3.8, 4) is 6.07 Å². The summed E-state index contributed by atoms with van der Waals surface area (Å²) in [6, 6.07) is 21.5. The van der Waals surface area contributed by atoms with E-state index in [1.54, 1.807) is 36.5 Å². The molecule has 0 spiro atoms. The predicted octanol–water partition coefficient (Wildman–Crippen LogP) is 3.00. The van der Waals surface area contributed by atoms with Gasteiger partial charge in [0.05, 0.1) is 17.8 Å². The lowest BCUT2D eigenvalue weighted by atomic mass is 9.96. The number of carbonyl (C=O) groups excluding carboxylic acids is 3. The van der Waals surface area contributed by atoms with Crippen molar-refractivity contribution < 1.29 is 19.5 Å². The van der Waals surface area contributed by atoms with Crippen LogP contribution in [0.2, 0.25) is 0 Å². The molecule has 9 nitrogen and oxygen atoms in total. The van der Waals surface area contributed by atoms with Gasteiger partial charge in [-0.25, -0.2) is 0 Å². The molecule has 2 heterocycles. The van der Waals surface area contributed by atoms with E-state index < -0.39 is 30.0 Å². The average molecular weight is 538 g/mol. The topological polar surface area (TPSA) is 127 Å². The Labute approximate surface area is 233 Å². The molecule has 2 N–H and O–H groups in total. The number of carbonyl (C=O) groups is 3. The summed E-state index contributed by atoms with van der Waals surface area (Å²) in [6.07, 6.45) is 3.44. The zero-order chi connectivity index (χ0) is 28.6. The molecule has 4 rings (SSSR count). The Morgan fingerprint density at radius 1 is 1.02 bits per heavy atom. The van der Waals surface area contributed by atoms with Crippen LogP contribution in [-0.2, 0) is 16.0 Å². The molecule has 1 aromatic heterocycles. The van der Waals surface area contributed by atoms with Gasteiger partial charge in [0.2, 0.25) is 5.91 Å². The minimum absolute atomic E-state index is 0.236. The number of aliphatic hydroxyl groups is 1. The van der Waals surface area contributed by atoms with Crippen molar-refractivity contribution in [3.05, 3.63) is 108 Å². The SMILES string of the molecule is CC(C)[C@@H]1C(=O)N(CC(=O)NC(Cc2ccccc2)C(O)C#N)C(c2ccccc2)=CN1C(=O)c1ccncc1. The lowest BCUT2D eigenvalue weighted by Gasteiger charge is -2.41. The molecule has 0 radical (unpaired) electrons. The Kier molecular flexibility index (Phi) is 9.04. The van der Waals surface area contributed by atoms with Gasteiger partial charge >= 0.3 is 0 Å². The van der Waals surface area contributed by atoms with Crippen molar-refractivity contribution >= 4 is 23.4 Å². The van der Waals surface area contributed by atoms with Crippen LogP contribution in [0.1, 0.15) is 35.3 Å². The molecule has 0 bridgehead atoms. The highest BCUT2D eigenvalue weighted by Crippen LogP contribution is 2.31. The van der Waals surface area contributed by atoms with Crippen molar-refractivity contribution in [2.45, 2.75) is 38.5 Å². The van der Waals surface area contributed by atoms with Crippen molar-refractivity contribution in [2.24, 2.45) is 5.92 Å². The normalized spacial score (nSPS) is 16.6. The van der Waals surface area contributed by atoms with Crippen molar-refractivity contribution in [1.29, 1.82) is 5.26 Å². The molecule has 0 aliphatic carbocycles. The summed E-state index contributed by atoms with van der Waals surface area (Å²) in [5.41, 5.74) is 2.26. The molecular weight excluding hydrogens is 506 g/mol. The van der Waals surface area contributed by atoms with Crippen LogP contribution in [-0.4, -0.2) is 62.3 Å². The molecule has 2 aromatic carbocycles. The van der Waals surface area contributed by atoms with Crippen molar-refractivity contribution in [1.82, 2.24) is 20.1 Å². The Morgan fingerprint density at radius 2 is 1.65 bits per heavy atom. The first kappa shape index (κ1) is 28.2. The van der Waals surface area contributed by atoms with Crippen LogP contribution in [0, 0.1) is 17.2 Å². The number of nitrogens with zero attached hydrogens (tertiary/aromatic N) is 4. The Bertz CT molecular complexity index is 1400. The standard InChI is InChI=1S/C31H31N5O4/c1-21(2)29-31(40)35(20-28(38)34-25(27(37)18-32)17-22-9-5-3-6-10-22)26(23-11-7-4-8-12-23)19-36(29)30(39)24-13-15-33-16-14-24/h3-16,19,21,25,27,29,37H,17,20H2,1-2H3,(H,34,38)/t25?,27?,29-/m1/s1. The quantitative estimate of drug-likeness (QED) is 0.404. The monoisotopic (exact) mass is 537 g/mol. The molecule has 2 unspecified atom stereocenters. The van der Waals surface area contributed by atoms with E-state index >= 15 is 0 Å². The molecule has 9 heteroatoms. The Balaban J connectivity index is 1.67. The van der Waals surface area contributed by atoms with E-state index in [9.17, 15) is 24.8 Å². The molecule has 3 aromatic rings. The predicted molar refractivity (Wildman–Crippen MR) is 149 cm³/mol. The first-order chi connectivity index (χ1) is 19.3. The summed E-state index contributed by atoms with van der Waals surface area (Å²) in [6.45, 7) is 3.33. The number of rotatable bonds is 9. The smallest absolute Gasteiger partial charge is 0.258 e. The molecule has 1 aliphatic rings. The Morgan fingerprint density at radius 3 is 2.25 bits per heavy atom. The van der Waals surface area contributed by atoms with Crippen LogP contribution in [0.3, 0.4) is 0 Å². The maximum Gasteiger partial charge on any atom is 0.258 e. The van der Waals surface area contributed by atoms with Gasteiger partial charge in [0.1, 0.15) is 12.6 Å². The molecule has 40 heavy (non-hydrogen) atoms. The molecule has 3 amide bonds. The van der Waals surface area contributed by atoms with Gasteiger partial charge in [0, 0.05) is 24.2 Å². The van der Waals surface area contributed by atoms with E-state index in [-0.39, 0.29) is 24.8 Å². The second-order valence-corrected chi connectivity index (χ2v) is 9.88. The Hall–Kier alpha value is -4.81. The van der Waals surface area contributed by atoms with Gasteiger partial charge in [-0.15, -0.1) is 0 Å². The van der Waals surface area contributed by atoms with Gasteiger partial charge in [-0.05, 0) is 35.6 Å². The zero-order valence-electron chi connectivity index (χ0n) is 22.3. The third-order valence-electron chi connectivity index (χ3n) is 6.69. The van der Waals surface area contributed by atoms with Crippen LogP contribution < -0.4 is 5.32 Å². The molecule has 204 valence electrons. The summed E-state index contributed by atoms with van der Waals surface area (Å²) >= 11 is 0. The largest absolute Gasteiger partial charge is 0.376 e. The van der Waals surface area contributed by atoms with E-state index in [2.05, 4.69) is 10.3 Å². The van der Waals surface area contributed by atoms with Crippen LogP contribution in [0.4, 0.5) is 0 Å². The van der Waals surface area contributed by atoms with Gasteiger partial charge in [-0.3, -0.25) is 24.3 Å². The number of nitrogens with one attached hydrogen (secondary N) is 1. The number of nitriles is 1. The van der Waals surface area contributed by atoms with E-state index in [0.717, 1.165) is 5.56 Å². The highest BCUT2D eigenvalue weighted by molar-refractivity contribution is 6.03. The van der Waals surface area contributed by atoms with E-state index in [4.69, 9.17) is 0 Å². The number of pyridine rings is 1. The van der Waals surface area contributed by atoms with E-state index in [1.807, 2.05) is 62.4 Å². The summed E-state index contributed by atoms with van der Waals surface area (Å²) < 4.78 is 0. The second kappa shape index (κ2) is 12.8. The summed E-state index contributed by atoms with van der Waals surface area (Å²) in [4.78, 5) is 47.6. The molecule has 0 saturated heterocycles. The number of benzene rings is 2. The zero-order valence-corrected chi connectivity index (χ0v) is 22.3. The lowest BCUT2D eigenvalue weighted by Crippen LogP contribution is -2.57. The summed E-state index contributed by atoms with van der Waals surface area (Å²) in [5.74, 6) is -1.56. The second-order valence-electron chi connectivity index (χ2n) is 9.88. The minimum Gasteiger partial charge on any atom is -0.376 e. The van der Waals surface area contributed by atoms with E-state index in [1.165, 1.54) is 22.2 Å². The number of amides is 3.